The summed E-state index contributed by atoms with van der Waals surface area (Å²) in [5, 5.41) is 10.8. The van der Waals surface area contributed by atoms with E-state index in [4.69, 9.17) is 0 Å². The SMILES string of the molecule is CCC(=N[C@H](C)c1ccccc1)c1c(O)n(-c2ccc(C)cc2)c(=O)[nH]c1=O. The predicted octanol–water partition coefficient (Wildman–Crippen LogP) is 3.50. The van der Waals surface area contributed by atoms with E-state index in [1.165, 1.54) is 0 Å². The van der Waals surface area contributed by atoms with Gasteiger partial charge in [0.1, 0.15) is 5.56 Å². The van der Waals surface area contributed by atoms with Crippen LogP contribution >= 0.6 is 0 Å². The number of rotatable bonds is 5. The molecule has 0 fully saturated rings. The summed E-state index contributed by atoms with van der Waals surface area (Å²) in [6.07, 6.45) is 0.430. The Balaban J connectivity index is 2.16. The largest absolute Gasteiger partial charge is 0.493 e. The van der Waals surface area contributed by atoms with Crippen molar-refractivity contribution in [1.29, 1.82) is 0 Å². The number of nitrogens with zero attached hydrogens (tertiary/aromatic N) is 2. The standard InChI is InChI=1S/C22H23N3O3/c1-4-18(23-15(3)16-8-6-5-7-9-16)19-20(26)24-22(28)25(21(19)27)17-12-10-14(2)11-13-17/h5-13,15,27H,4H2,1-3H3,(H,24,26,28)/t15-/m1/s1. The van der Waals surface area contributed by atoms with Crippen molar-refractivity contribution in [3.05, 3.63) is 92.1 Å². The molecule has 3 rings (SSSR count). The van der Waals surface area contributed by atoms with E-state index in [2.05, 4.69) is 9.98 Å². The van der Waals surface area contributed by atoms with Crippen molar-refractivity contribution in [2.75, 3.05) is 0 Å². The fourth-order valence-corrected chi connectivity index (χ4v) is 3.09. The highest BCUT2D eigenvalue weighted by molar-refractivity contribution is 6.02. The lowest BCUT2D eigenvalue weighted by atomic mass is 10.1. The summed E-state index contributed by atoms with van der Waals surface area (Å²) in [6, 6.07) is 16.6. The van der Waals surface area contributed by atoms with E-state index in [1.807, 2.05) is 63.2 Å². The number of hydrogen-bond donors (Lipinski definition) is 2. The molecule has 1 atom stereocenters. The van der Waals surface area contributed by atoms with Crippen molar-refractivity contribution >= 4 is 5.71 Å². The van der Waals surface area contributed by atoms with Crippen LogP contribution in [0.5, 0.6) is 5.88 Å². The van der Waals surface area contributed by atoms with Crippen LogP contribution in [-0.4, -0.2) is 20.4 Å². The molecule has 0 radical (unpaired) electrons. The minimum Gasteiger partial charge on any atom is -0.493 e. The third kappa shape index (κ3) is 3.81. The van der Waals surface area contributed by atoms with Crippen LogP contribution in [0.1, 0.15) is 43.0 Å². The van der Waals surface area contributed by atoms with Crippen LogP contribution in [0.15, 0.2) is 69.2 Å². The highest BCUT2D eigenvalue weighted by Crippen LogP contribution is 2.22. The van der Waals surface area contributed by atoms with Crippen molar-refractivity contribution in [1.82, 2.24) is 9.55 Å². The zero-order valence-corrected chi connectivity index (χ0v) is 16.1. The number of aryl methyl sites for hydroxylation is 1. The summed E-state index contributed by atoms with van der Waals surface area (Å²) in [7, 11) is 0. The van der Waals surface area contributed by atoms with Gasteiger partial charge in [-0.05, 0) is 38.0 Å². The van der Waals surface area contributed by atoms with Gasteiger partial charge in [0.25, 0.3) is 5.56 Å². The predicted molar refractivity (Wildman–Crippen MR) is 111 cm³/mol. The molecule has 6 nitrogen and oxygen atoms in total. The maximum atomic E-state index is 12.5. The lowest BCUT2D eigenvalue weighted by Gasteiger charge is -2.14. The number of benzene rings is 2. The van der Waals surface area contributed by atoms with E-state index >= 15 is 0 Å². The molecule has 1 heterocycles. The number of aliphatic imine (C=N–C) groups is 1. The second kappa shape index (κ2) is 8.08. The van der Waals surface area contributed by atoms with Crippen LogP contribution in [0.2, 0.25) is 0 Å². The van der Waals surface area contributed by atoms with Crippen LogP contribution in [0.3, 0.4) is 0 Å². The molecule has 0 amide bonds. The second-order valence-corrected chi connectivity index (χ2v) is 6.64. The molecule has 0 bridgehead atoms. The first-order chi connectivity index (χ1) is 13.4. The summed E-state index contributed by atoms with van der Waals surface area (Å²) >= 11 is 0. The second-order valence-electron chi connectivity index (χ2n) is 6.64. The Morgan fingerprint density at radius 3 is 2.36 bits per heavy atom. The van der Waals surface area contributed by atoms with Crippen LogP contribution in [0, 0.1) is 6.92 Å². The first-order valence-electron chi connectivity index (χ1n) is 9.19. The van der Waals surface area contributed by atoms with E-state index < -0.39 is 17.1 Å². The topological polar surface area (TPSA) is 87.4 Å². The van der Waals surface area contributed by atoms with Gasteiger partial charge in [0.05, 0.1) is 17.4 Å². The molecule has 0 spiro atoms. The number of H-pyrrole nitrogens is 1. The van der Waals surface area contributed by atoms with Gasteiger partial charge in [0.15, 0.2) is 0 Å². The molecule has 0 aliphatic rings. The monoisotopic (exact) mass is 377 g/mol. The number of hydrogen-bond acceptors (Lipinski definition) is 4. The van der Waals surface area contributed by atoms with Crippen LogP contribution in [0.4, 0.5) is 0 Å². The zero-order valence-electron chi connectivity index (χ0n) is 16.1. The lowest BCUT2D eigenvalue weighted by molar-refractivity contribution is 0.429. The smallest absolute Gasteiger partial charge is 0.335 e. The summed E-state index contributed by atoms with van der Waals surface area (Å²) in [5.41, 5.74) is 1.61. The van der Waals surface area contributed by atoms with Gasteiger partial charge < -0.3 is 5.11 Å². The average molecular weight is 377 g/mol. The molecular formula is C22H23N3O3. The van der Waals surface area contributed by atoms with Gasteiger partial charge in [-0.1, -0.05) is 55.0 Å². The third-order valence-electron chi connectivity index (χ3n) is 4.63. The van der Waals surface area contributed by atoms with E-state index in [-0.39, 0.29) is 11.6 Å². The third-order valence-corrected chi connectivity index (χ3v) is 4.63. The molecule has 0 saturated heterocycles. The first kappa shape index (κ1) is 19.4. The highest BCUT2D eigenvalue weighted by atomic mass is 16.3. The number of aromatic amines is 1. The number of aromatic nitrogens is 2. The van der Waals surface area contributed by atoms with Crippen LogP contribution < -0.4 is 11.2 Å². The molecule has 2 aromatic carbocycles. The molecule has 0 saturated carbocycles. The van der Waals surface area contributed by atoms with Gasteiger partial charge in [-0.15, -0.1) is 0 Å². The molecule has 0 aliphatic carbocycles. The van der Waals surface area contributed by atoms with E-state index in [0.29, 0.717) is 17.8 Å². The molecule has 28 heavy (non-hydrogen) atoms. The quantitative estimate of drug-likeness (QED) is 0.667. The van der Waals surface area contributed by atoms with Crippen molar-refractivity contribution in [3.63, 3.8) is 0 Å². The van der Waals surface area contributed by atoms with Crippen molar-refractivity contribution in [3.8, 4) is 11.6 Å². The fraction of sp³-hybridized carbons (Fsp3) is 0.227. The Bertz CT molecular complexity index is 1110. The number of nitrogens with one attached hydrogen (secondary N) is 1. The molecule has 0 aliphatic heterocycles. The van der Waals surface area contributed by atoms with Gasteiger partial charge in [0.2, 0.25) is 5.88 Å². The van der Waals surface area contributed by atoms with Gasteiger partial charge in [-0.25, -0.2) is 9.36 Å². The van der Waals surface area contributed by atoms with Gasteiger partial charge in [-0.2, -0.15) is 0 Å². The lowest BCUT2D eigenvalue weighted by Crippen LogP contribution is -2.33. The van der Waals surface area contributed by atoms with E-state index in [1.54, 1.807) is 12.1 Å². The van der Waals surface area contributed by atoms with Crippen molar-refractivity contribution in [2.45, 2.75) is 33.2 Å². The van der Waals surface area contributed by atoms with Crippen molar-refractivity contribution < 1.29 is 5.11 Å². The average Bonchev–Trinajstić information content (AvgIpc) is 2.68. The highest BCUT2D eigenvalue weighted by Gasteiger charge is 2.20. The van der Waals surface area contributed by atoms with Crippen molar-refractivity contribution in [2.24, 2.45) is 4.99 Å². The van der Waals surface area contributed by atoms with Gasteiger partial charge >= 0.3 is 5.69 Å². The molecule has 3 aromatic rings. The molecular weight excluding hydrogens is 354 g/mol. The maximum Gasteiger partial charge on any atom is 0.335 e. The minimum absolute atomic E-state index is 0.0189. The maximum absolute atomic E-state index is 12.5. The molecule has 0 unspecified atom stereocenters. The van der Waals surface area contributed by atoms with Gasteiger partial charge in [-0.3, -0.25) is 14.8 Å². The Labute approximate surface area is 162 Å². The first-order valence-corrected chi connectivity index (χ1v) is 9.19. The normalized spacial score (nSPS) is 12.8. The minimum atomic E-state index is -0.693. The molecule has 144 valence electrons. The fourth-order valence-electron chi connectivity index (χ4n) is 3.09. The summed E-state index contributed by atoms with van der Waals surface area (Å²) in [4.78, 5) is 31.8. The zero-order chi connectivity index (χ0) is 20.3. The molecule has 1 aromatic heterocycles. The Morgan fingerprint density at radius 2 is 1.75 bits per heavy atom. The summed E-state index contributed by atoms with van der Waals surface area (Å²) in [6.45, 7) is 5.71. The molecule has 2 N–H and O–H groups in total. The Hall–Kier alpha value is -3.41. The summed E-state index contributed by atoms with van der Waals surface area (Å²) < 4.78 is 1.09. The van der Waals surface area contributed by atoms with Crippen LogP contribution in [0.25, 0.3) is 5.69 Å². The van der Waals surface area contributed by atoms with E-state index in [9.17, 15) is 14.7 Å². The number of aromatic hydroxyl groups is 1. The molecule has 6 heteroatoms. The van der Waals surface area contributed by atoms with Gasteiger partial charge in [0, 0.05) is 0 Å². The van der Waals surface area contributed by atoms with Crippen LogP contribution in [-0.2, 0) is 0 Å². The Morgan fingerprint density at radius 1 is 1.11 bits per heavy atom. The van der Waals surface area contributed by atoms with E-state index in [0.717, 1.165) is 15.7 Å². The summed E-state index contributed by atoms with van der Waals surface area (Å²) in [5.74, 6) is -0.404. The Kier molecular flexibility index (Phi) is 5.59.